The molecule has 4 aromatic rings. The zero-order chi connectivity index (χ0) is 95.5. The Morgan fingerprint density at radius 3 is 1.32 bits per heavy atom. The van der Waals surface area contributed by atoms with Crippen LogP contribution >= 0.6 is 22.7 Å². The first-order valence-electron chi connectivity index (χ1n) is 45.1. The fourth-order valence-corrected chi connectivity index (χ4v) is 23.8. The third kappa shape index (κ3) is 18.6. The predicted octanol–water partition coefficient (Wildman–Crippen LogP) is 12.7. The second-order valence-electron chi connectivity index (χ2n) is 39.1. The van der Waals surface area contributed by atoms with Crippen LogP contribution in [0.2, 0.25) is 0 Å². The van der Waals surface area contributed by atoms with Crippen LogP contribution in [0.15, 0.2) is 118 Å². The third-order valence-electron chi connectivity index (χ3n) is 29.5. The van der Waals surface area contributed by atoms with Gasteiger partial charge in [0, 0.05) is 66.2 Å². The van der Waals surface area contributed by atoms with Crippen molar-refractivity contribution >= 4 is 94.2 Å². The van der Waals surface area contributed by atoms with Gasteiger partial charge in [0.15, 0.2) is 53.0 Å². The van der Waals surface area contributed by atoms with E-state index in [4.69, 9.17) is 66.3 Å². The number of carbonyl (C=O) groups is 12. The maximum absolute atomic E-state index is 16.2. The smallest absolute Gasteiger partial charge is 0.408 e. The number of aliphatic hydroxyl groups excluding tert-OH is 2. The molecule has 4 bridgehead atoms. The number of methoxy groups -OCH3 is 1. The largest absolute Gasteiger partial charge is 0.456 e. The molecule has 8 aliphatic carbocycles. The Bertz CT molecular complexity index is 5020. The number of ether oxygens (including phenoxy) is 14. The van der Waals surface area contributed by atoms with Gasteiger partial charge in [0.1, 0.15) is 59.9 Å². The first kappa shape index (κ1) is 102. The van der Waals surface area contributed by atoms with Crippen LogP contribution in [0.4, 0.5) is 9.59 Å². The van der Waals surface area contributed by atoms with E-state index in [1.807, 2.05) is 6.92 Å². The molecule has 2 aromatic heterocycles. The van der Waals surface area contributed by atoms with E-state index in [9.17, 15) is 63.6 Å². The second kappa shape index (κ2) is 39.2. The number of nitrogens with one attached hydrogen (secondary N) is 2. The van der Waals surface area contributed by atoms with Gasteiger partial charge in [0.25, 0.3) is 0 Å². The third-order valence-corrected chi connectivity index (χ3v) is 31.5. The summed E-state index contributed by atoms with van der Waals surface area (Å²) in [5.41, 5.74) is -14.0. The van der Waals surface area contributed by atoms with Gasteiger partial charge in [-0.15, -0.1) is 22.7 Å². The molecule has 2 saturated heterocycles. The molecule has 0 spiro atoms. The van der Waals surface area contributed by atoms with Gasteiger partial charge in [-0.3, -0.25) is 28.8 Å². The molecule has 8 fully saturated rings. The highest BCUT2D eigenvalue weighted by Gasteiger charge is 2.81. The molecule has 0 unspecified atom stereocenters. The lowest BCUT2D eigenvalue weighted by Crippen LogP contribution is -2.82. The Kier molecular flexibility index (Phi) is 30.1. The Balaban J connectivity index is 0.000000237. The number of benzene rings is 2. The lowest BCUT2D eigenvalue weighted by atomic mass is 9.43. The summed E-state index contributed by atoms with van der Waals surface area (Å²) in [4.78, 5) is 172. The van der Waals surface area contributed by atoms with Crippen molar-refractivity contribution in [3.63, 3.8) is 0 Å². The number of rotatable bonds is 25. The minimum absolute atomic E-state index is 0. The van der Waals surface area contributed by atoms with Crippen molar-refractivity contribution in [2.24, 2.45) is 51.2 Å². The molecule has 6 saturated carbocycles. The fourth-order valence-electron chi connectivity index (χ4n) is 22.2. The number of fused-ring (bicyclic) bond motifs is 10. The first-order chi connectivity index (χ1) is 61.6. The number of hydrogen-bond donors (Lipinski definition) is 6. The number of amides is 2. The molecule has 2 aliphatic heterocycles. The molecular weight excluding hydrogens is 1750 g/mol. The van der Waals surface area contributed by atoms with Crippen LogP contribution < -0.4 is 10.6 Å². The van der Waals surface area contributed by atoms with Gasteiger partial charge >= 0.3 is 59.9 Å². The lowest BCUT2D eigenvalue weighted by Gasteiger charge is -2.68. The SMILES string of the molecule is C.CC(=O)O[C@@]12CO[C@@H]1C[C@H](O)[C@@]1(C)C(=O)[C@H](OC(=O)C3CCCC3)C3=C(C)[C@@H](OC(=O)[C@H](O)[C@@H](NC(=O)OC(C)C)c4cccs4)C[C@@](O)([C@@H](OC(=O)c4ccccc4)[C@H]21)C3(C)C.COC(C)(C)O[C@@H](C(=O)O[C@H]1C[C@@]2(O)[C@@H](OC(=O)c3ccccc3)[C@@H]3[C@]4(OC(C)=O)CO[C@@H]4C[C@H](C)[C@@]3(C)C(=O)[C@H](OC(=O)C3CCCC3)C(=C1C)C2(C)C)[C@@H](NC(=O)OC(C)C)c1cccs1. The number of alkyl carbamates (subject to hydrolysis) is 2. The quantitative estimate of drug-likeness (QED) is 0.0155. The van der Waals surface area contributed by atoms with E-state index in [2.05, 4.69) is 10.6 Å². The van der Waals surface area contributed by atoms with Gasteiger partial charge in [-0.05, 0) is 170 Å². The van der Waals surface area contributed by atoms with Crippen molar-refractivity contribution in [1.29, 1.82) is 0 Å². The first-order valence-corrected chi connectivity index (χ1v) is 46.9. The second-order valence-corrected chi connectivity index (χ2v) is 41.1. The van der Waals surface area contributed by atoms with Crippen LogP contribution in [0, 0.1) is 51.2 Å². The van der Waals surface area contributed by atoms with Crippen molar-refractivity contribution in [1.82, 2.24) is 10.6 Å². The molecular formula is C98H128N2O30S2. The Hall–Kier alpha value is -9.36. The summed E-state index contributed by atoms with van der Waals surface area (Å²) in [5, 5.41) is 60.6. The summed E-state index contributed by atoms with van der Waals surface area (Å²) in [5.74, 6) is -13.9. The number of aliphatic hydroxyl groups is 4. The van der Waals surface area contributed by atoms with Crippen molar-refractivity contribution in [3.8, 4) is 0 Å². The van der Waals surface area contributed by atoms with Crippen molar-refractivity contribution in [3.05, 3.63) is 139 Å². The van der Waals surface area contributed by atoms with E-state index in [1.54, 1.807) is 174 Å². The number of esters is 8. The maximum Gasteiger partial charge on any atom is 0.408 e. The number of thiophene rings is 2. The molecule has 2 amide bonds. The van der Waals surface area contributed by atoms with Crippen LogP contribution in [-0.4, -0.2) is 220 Å². The molecule has 14 rings (SSSR count). The fraction of sp³-hybridized carbons (Fsp3) is 0.633. The van der Waals surface area contributed by atoms with Gasteiger partial charge in [-0.1, -0.05) is 123 Å². The zero-order valence-electron chi connectivity index (χ0n) is 77.4. The van der Waals surface area contributed by atoms with Crippen molar-refractivity contribution in [2.75, 3.05) is 20.3 Å². The highest BCUT2D eigenvalue weighted by atomic mass is 32.1. The summed E-state index contributed by atoms with van der Waals surface area (Å²) < 4.78 is 85.7. The highest BCUT2D eigenvalue weighted by molar-refractivity contribution is 7.10. The molecule has 2 aromatic carbocycles. The number of hydrogen-bond acceptors (Lipinski definition) is 32. The summed E-state index contributed by atoms with van der Waals surface area (Å²) in [7, 11) is 1.39. The van der Waals surface area contributed by atoms with E-state index in [0.29, 0.717) is 41.0 Å². The van der Waals surface area contributed by atoms with Gasteiger partial charge in [-0.2, -0.15) is 0 Å². The minimum Gasteiger partial charge on any atom is -0.456 e. The average Bonchev–Trinajstić information content (AvgIpc) is 0.745. The summed E-state index contributed by atoms with van der Waals surface area (Å²) in [6.07, 6.45) is -15.2. The lowest BCUT2D eigenvalue weighted by molar-refractivity contribution is -0.346. The summed E-state index contributed by atoms with van der Waals surface area (Å²) in [6.45, 7) is 26.5. The average molecular weight is 1880 g/mol. The number of ketones is 2. The molecule has 10 aliphatic rings. The number of carbonyl (C=O) groups excluding carboxylic acids is 12. The van der Waals surface area contributed by atoms with Crippen LogP contribution in [0.5, 0.6) is 0 Å². The van der Waals surface area contributed by atoms with Crippen LogP contribution in [-0.2, 0) is 105 Å². The molecule has 132 heavy (non-hydrogen) atoms. The Morgan fingerprint density at radius 2 is 0.932 bits per heavy atom. The minimum atomic E-state index is -2.39. The van der Waals surface area contributed by atoms with Crippen LogP contribution in [0.3, 0.4) is 0 Å². The van der Waals surface area contributed by atoms with Gasteiger partial charge in [-0.25, -0.2) is 28.8 Å². The monoisotopic (exact) mass is 1880 g/mol. The van der Waals surface area contributed by atoms with Crippen LogP contribution in [0.1, 0.15) is 245 Å². The molecule has 22 atom stereocenters. The highest BCUT2D eigenvalue weighted by Crippen LogP contribution is 2.68. The molecule has 32 nitrogen and oxygen atoms in total. The molecule has 34 heteroatoms. The van der Waals surface area contributed by atoms with Crippen molar-refractivity contribution in [2.45, 2.75) is 322 Å². The van der Waals surface area contributed by atoms with Gasteiger partial charge in [0.05, 0.1) is 71.7 Å². The topological polar surface area (TPSA) is 439 Å². The van der Waals surface area contributed by atoms with Crippen molar-refractivity contribution < 1.29 is 144 Å². The zero-order valence-corrected chi connectivity index (χ0v) is 79.0. The maximum atomic E-state index is 16.2. The van der Waals surface area contributed by atoms with E-state index in [-0.39, 0.29) is 61.3 Å². The standard InChI is InChI=1S/C51H67NO15S.C46H57NO15S.CH4/c1-27(2)62-46(58)52-37(34-22-17-23-68-34)39(67-48(8,9)60-11)45(57)63-33-25-51(59)42(65-44(56)32-18-13-12-14-19-32)40-49(10,28(3)24-35-50(40,26-61-35)66-30(5)53)41(54)38(36(29(33)4)47(51,6)7)64-43(55)31-20-15-16-21-31;1-23(2)58-42(55)47-33(29-18-13-19-63-29)34(50)41(54)59-28-21-46(56)38(61-40(53)27-14-9-8-10-15-27)36-44(7,30(49)20-31-45(36,22-57-31)62-25(4)48)37(51)35(32(24(28)3)43(46,5)6)60-39(52)26-16-11-12-17-26;/h12-14,17-19,22-23,27-28,31,33,35,37-40,42,59H,15-16,20-21,24-26H2,1-11H3,(H,52,58);8-10,13-15,18-19,23,26,28,30-31,33-36,38,49-50,56H,11-12,16-17,20-22H2,1-7H3,(H,47,55);1H4/t28-,33-,35+,37-,38+,39+,40-,42-,49+,50-,51+;28-,30-,31+,33-,34+,35+,36-,38-,44+,45-,46+;/m00./s1. The Labute approximate surface area is 777 Å². The molecule has 722 valence electrons. The molecule has 0 radical (unpaired) electrons. The van der Waals surface area contributed by atoms with E-state index < -0.39 is 255 Å². The Morgan fingerprint density at radius 1 is 0.538 bits per heavy atom. The van der Waals surface area contributed by atoms with Crippen LogP contribution in [0.25, 0.3) is 0 Å². The van der Waals surface area contributed by atoms with Gasteiger partial charge < -0.3 is 97.4 Å². The molecule has 6 N–H and O–H groups in total. The number of Topliss-reactive ketones (excluding diaryl/α,β-unsaturated/α-hetero) is 2. The summed E-state index contributed by atoms with van der Waals surface area (Å²) >= 11 is 2.40. The summed E-state index contributed by atoms with van der Waals surface area (Å²) in [6, 6.07) is 20.3. The van der Waals surface area contributed by atoms with E-state index >= 15 is 14.4 Å². The van der Waals surface area contributed by atoms with E-state index in [0.717, 1.165) is 37.0 Å². The van der Waals surface area contributed by atoms with Gasteiger partial charge in [0.2, 0.25) is 0 Å². The molecule has 4 heterocycles. The predicted molar refractivity (Wildman–Crippen MR) is 475 cm³/mol. The normalized spacial score (nSPS) is 32.4. The van der Waals surface area contributed by atoms with E-state index in [1.165, 1.54) is 51.4 Å².